The molecule has 8 heavy (non-hydrogen) atoms. The third-order valence-electron chi connectivity index (χ3n) is 0.584. The fourth-order valence-electron chi connectivity index (χ4n) is 0.227. The van der Waals surface area contributed by atoms with Crippen LogP contribution in [0.25, 0.3) is 0 Å². The van der Waals surface area contributed by atoms with Crippen LogP contribution in [0.2, 0.25) is 0 Å². The number of hydrogen-bond donors (Lipinski definition) is 1. The summed E-state index contributed by atoms with van der Waals surface area (Å²) in [4.78, 5) is 3.60. The number of aliphatic imine (C=N–C) groups is 1. The number of amidine groups is 1. The molecule has 0 rings (SSSR count). The van der Waals surface area contributed by atoms with Gasteiger partial charge < -0.3 is 4.74 Å². The lowest BCUT2D eigenvalue weighted by Gasteiger charge is -1.89. The summed E-state index contributed by atoms with van der Waals surface area (Å²) in [6.45, 7) is 1.95. The topological polar surface area (TPSA) is 45.4 Å². The van der Waals surface area contributed by atoms with Crippen LogP contribution in [0.15, 0.2) is 4.99 Å². The van der Waals surface area contributed by atoms with E-state index in [9.17, 15) is 0 Å². The van der Waals surface area contributed by atoms with Gasteiger partial charge in [0.1, 0.15) is 0 Å². The van der Waals surface area contributed by atoms with Crippen LogP contribution in [0.3, 0.4) is 0 Å². The Bertz CT molecular complexity index is 98.6. The number of methoxy groups -OCH3 is 1. The van der Waals surface area contributed by atoms with Crippen molar-refractivity contribution in [1.29, 1.82) is 5.41 Å². The van der Waals surface area contributed by atoms with Crippen molar-refractivity contribution in [3.63, 3.8) is 0 Å². The first-order chi connectivity index (χ1) is 3.81. The molecular weight excluding hydrogens is 104 g/mol. The lowest BCUT2D eigenvalue weighted by molar-refractivity contribution is 0.393. The van der Waals surface area contributed by atoms with Gasteiger partial charge in [-0.15, -0.1) is 0 Å². The first kappa shape index (κ1) is 7.14. The van der Waals surface area contributed by atoms with E-state index in [1.165, 1.54) is 7.11 Å². The zero-order valence-electron chi connectivity index (χ0n) is 5.14. The second kappa shape index (κ2) is 4.30. The molecule has 3 heteroatoms. The molecule has 1 N–H and O–H groups in total. The van der Waals surface area contributed by atoms with E-state index in [1.54, 1.807) is 6.21 Å². The van der Waals surface area contributed by atoms with E-state index in [1.807, 2.05) is 6.92 Å². The van der Waals surface area contributed by atoms with Gasteiger partial charge in [0, 0.05) is 6.21 Å². The van der Waals surface area contributed by atoms with Gasteiger partial charge in [0.25, 0.3) is 0 Å². The molecule has 0 aromatic rings. The molecule has 0 aromatic heterocycles. The maximum Gasteiger partial charge on any atom is 0.308 e. The Labute approximate surface area is 48.9 Å². The van der Waals surface area contributed by atoms with Crippen molar-refractivity contribution in [1.82, 2.24) is 0 Å². The SMILES string of the molecule is CC/C=N\C(=N)OC. The van der Waals surface area contributed by atoms with Crippen LogP contribution >= 0.6 is 0 Å². The summed E-state index contributed by atoms with van der Waals surface area (Å²) in [5.41, 5.74) is 0. The summed E-state index contributed by atoms with van der Waals surface area (Å²) >= 11 is 0. The summed E-state index contributed by atoms with van der Waals surface area (Å²) in [5.74, 6) is 0. The first-order valence-corrected chi connectivity index (χ1v) is 2.46. The highest BCUT2D eigenvalue weighted by Crippen LogP contribution is 1.75. The molecule has 0 bridgehead atoms. The maximum absolute atomic E-state index is 6.82. The Kier molecular flexibility index (Phi) is 3.84. The van der Waals surface area contributed by atoms with E-state index in [4.69, 9.17) is 5.41 Å². The Hall–Kier alpha value is -0.860. The minimum atomic E-state index is -0.0353. The molecule has 0 unspecified atom stereocenters. The van der Waals surface area contributed by atoms with Gasteiger partial charge >= 0.3 is 6.02 Å². The molecule has 0 saturated heterocycles. The van der Waals surface area contributed by atoms with E-state index in [2.05, 4.69) is 9.73 Å². The average Bonchev–Trinajstić information content (AvgIpc) is 1.83. The molecule has 0 spiro atoms. The maximum atomic E-state index is 6.82. The normalized spacial score (nSPS) is 9.75. The number of nitrogens with one attached hydrogen (secondary N) is 1. The van der Waals surface area contributed by atoms with E-state index in [-0.39, 0.29) is 6.02 Å². The van der Waals surface area contributed by atoms with Gasteiger partial charge in [-0.25, -0.2) is 10.4 Å². The monoisotopic (exact) mass is 114 g/mol. The van der Waals surface area contributed by atoms with E-state index >= 15 is 0 Å². The van der Waals surface area contributed by atoms with Crippen LogP contribution in [0.5, 0.6) is 0 Å². The van der Waals surface area contributed by atoms with E-state index < -0.39 is 0 Å². The van der Waals surface area contributed by atoms with Gasteiger partial charge in [0.2, 0.25) is 0 Å². The lowest BCUT2D eigenvalue weighted by Crippen LogP contribution is -1.93. The Balaban J connectivity index is 3.37. The predicted molar refractivity (Wildman–Crippen MR) is 33.5 cm³/mol. The minimum absolute atomic E-state index is 0.0353. The largest absolute Gasteiger partial charge is 0.467 e. The molecule has 0 atom stereocenters. The van der Waals surface area contributed by atoms with E-state index in [0.29, 0.717) is 0 Å². The highest BCUT2D eigenvalue weighted by atomic mass is 16.5. The molecule has 0 saturated carbocycles. The molecule has 46 valence electrons. The quantitative estimate of drug-likeness (QED) is 0.402. The molecule has 0 aliphatic carbocycles. The lowest BCUT2D eigenvalue weighted by atomic mass is 10.5. The van der Waals surface area contributed by atoms with Crippen molar-refractivity contribution in [2.24, 2.45) is 4.99 Å². The Morgan fingerprint density at radius 3 is 2.88 bits per heavy atom. The molecule has 3 nitrogen and oxygen atoms in total. The van der Waals surface area contributed by atoms with Crippen molar-refractivity contribution in [2.45, 2.75) is 13.3 Å². The predicted octanol–water partition coefficient (Wildman–Crippen LogP) is 1.05. The van der Waals surface area contributed by atoms with Gasteiger partial charge in [0.15, 0.2) is 0 Å². The van der Waals surface area contributed by atoms with Crippen molar-refractivity contribution in [3.8, 4) is 0 Å². The number of rotatable bonds is 1. The minimum Gasteiger partial charge on any atom is -0.467 e. The van der Waals surface area contributed by atoms with Crippen molar-refractivity contribution in [3.05, 3.63) is 0 Å². The van der Waals surface area contributed by atoms with Gasteiger partial charge in [-0.05, 0) is 6.42 Å². The molecule has 0 fully saturated rings. The second-order valence-corrected chi connectivity index (χ2v) is 1.23. The third-order valence-corrected chi connectivity index (χ3v) is 0.584. The smallest absolute Gasteiger partial charge is 0.308 e. The van der Waals surface area contributed by atoms with Crippen molar-refractivity contribution in [2.75, 3.05) is 7.11 Å². The molecule has 0 radical (unpaired) electrons. The fourth-order valence-corrected chi connectivity index (χ4v) is 0.227. The fraction of sp³-hybridized carbons (Fsp3) is 0.600. The highest BCUT2D eigenvalue weighted by molar-refractivity contribution is 5.80. The standard InChI is InChI=1S/C5H10N2O/c1-3-4-7-5(6)8-2/h4,6H,3H2,1-2H3/b6-5?,7-4-. The first-order valence-electron chi connectivity index (χ1n) is 2.46. The van der Waals surface area contributed by atoms with Gasteiger partial charge in [-0.3, -0.25) is 0 Å². The van der Waals surface area contributed by atoms with Gasteiger partial charge in [-0.2, -0.15) is 0 Å². The third kappa shape index (κ3) is 3.33. The zero-order chi connectivity index (χ0) is 6.41. The summed E-state index contributed by atoms with van der Waals surface area (Å²) in [5, 5.41) is 6.82. The summed E-state index contributed by atoms with van der Waals surface area (Å²) < 4.78 is 4.44. The molecular formula is C5H10N2O. The number of ether oxygens (including phenoxy) is 1. The molecule has 0 aromatic carbocycles. The molecule has 0 heterocycles. The summed E-state index contributed by atoms with van der Waals surface area (Å²) in [7, 11) is 1.43. The zero-order valence-corrected chi connectivity index (χ0v) is 5.14. The molecule has 0 aliphatic rings. The van der Waals surface area contributed by atoms with Crippen LogP contribution in [-0.2, 0) is 4.74 Å². The highest BCUT2D eigenvalue weighted by Gasteiger charge is 1.81. The average molecular weight is 114 g/mol. The number of nitrogens with zero attached hydrogens (tertiary/aromatic N) is 1. The van der Waals surface area contributed by atoms with Gasteiger partial charge in [0.05, 0.1) is 7.11 Å². The Morgan fingerprint density at radius 2 is 2.50 bits per heavy atom. The number of hydrogen-bond acceptors (Lipinski definition) is 2. The molecule has 0 amide bonds. The van der Waals surface area contributed by atoms with Crippen LogP contribution in [0.1, 0.15) is 13.3 Å². The summed E-state index contributed by atoms with van der Waals surface area (Å²) in [6.07, 6.45) is 2.47. The van der Waals surface area contributed by atoms with Gasteiger partial charge in [-0.1, -0.05) is 6.92 Å². The summed E-state index contributed by atoms with van der Waals surface area (Å²) in [6, 6.07) is -0.0353. The van der Waals surface area contributed by atoms with Crippen molar-refractivity contribution >= 4 is 12.2 Å². The Morgan fingerprint density at radius 1 is 1.88 bits per heavy atom. The van der Waals surface area contributed by atoms with Crippen LogP contribution in [0, 0.1) is 5.41 Å². The molecule has 0 aliphatic heterocycles. The van der Waals surface area contributed by atoms with Crippen molar-refractivity contribution < 1.29 is 4.74 Å². The van der Waals surface area contributed by atoms with E-state index in [0.717, 1.165) is 6.42 Å². The van der Waals surface area contributed by atoms with Crippen LogP contribution in [0.4, 0.5) is 0 Å². The van der Waals surface area contributed by atoms with Crippen LogP contribution < -0.4 is 0 Å². The second-order valence-electron chi connectivity index (χ2n) is 1.23. The van der Waals surface area contributed by atoms with Crippen LogP contribution in [-0.4, -0.2) is 19.3 Å².